The Balaban J connectivity index is 1.38. The first kappa shape index (κ1) is 18.1. The summed E-state index contributed by atoms with van der Waals surface area (Å²) in [5.41, 5.74) is 1.82. The predicted octanol–water partition coefficient (Wildman–Crippen LogP) is 2.70. The van der Waals surface area contributed by atoms with Gasteiger partial charge in [0.2, 0.25) is 5.91 Å². The lowest BCUT2D eigenvalue weighted by atomic mass is 10.2. The van der Waals surface area contributed by atoms with Crippen LogP contribution in [0, 0.1) is 0 Å². The van der Waals surface area contributed by atoms with E-state index in [0.717, 1.165) is 18.4 Å². The Hall–Kier alpha value is -3.26. The monoisotopic (exact) mass is 396 g/mol. The molecule has 0 aliphatic heterocycles. The fourth-order valence-corrected chi connectivity index (χ4v) is 2.97. The molecule has 1 heterocycles. The third kappa shape index (κ3) is 4.17. The van der Waals surface area contributed by atoms with E-state index in [4.69, 9.17) is 11.6 Å². The van der Waals surface area contributed by atoms with Crippen molar-refractivity contribution in [3.8, 4) is 11.4 Å². The average Bonchev–Trinajstić information content (AvgIpc) is 3.42. The highest BCUT2D eigenvalue weighted by molar-refractivity contribution is 6.31. The van der Waals surface area contributed by atoms with Gasteiger partial charge in [0, 0.05) is 21.8 Å². The van der Waals surface area contributed by atoms with Gasteiger partial charge in [-0.05, 0) is 53.6 Å². The number of carbonyl (C=O) groups is 2. The number of nitrogens with zero attached hydrogens (tertiary/aromatic N) is 4. The largest absolute Gasteiger partial charge is 0.343 e. The van der Waals surface area contributed by atoms with E-state index in [0.29, 0.717) is 28.1 Å². The zero-order valence-corrected chi connectivity index (χ0v) is 15.6. The number of hydrogen-bond donors (Lipinski definition) is 2. The highest BCUT2D eigenvalue weighted by atomic mass is 35.5. The van der Waals surface area contributed by atoms with Crippen LogP contribution in [-0.2, 0) is 4.79 Å². The molecule has 2 aromatic carbocycles. The van der Waals surface area contributed by atoms with Crippen LogP contribution in [0.5, 0.6) is 0 Å². The average molecular weight is 397 g/mol. The molecule has 1 aromatic heterocycles. The molecule has 8 nitrogen and oxygen atoms in total. The van der Waals surface area contributed by atoms with Crippen LogP contribution in [0.15, 0.2) is 48.5 Å². The summed E-state index contributed by atoms with van der Waals surface area (Å²) < 4.78 is 1.81. The lowest BCUT2D eigenvalue weighted by molar-refractivity contribution is -0.115. The van der Waals surface area contributed by atoms with Crippen LogP contribution in [0.1, 0.15) is 29.2 Å². The van der Waals surface area contributed by atoms with Crippen molar-refractivity contribution in [3.05, 3.63) is 59.1 Å². The zero-order chi connectivity index (χ0) is 19.5. The maximum atomic E-state index is 12.2. The van der Waals surface area contributed by atoms with E-state index in [-0.39, 0.29) is 18.4 Å². The number of aromatic nitrogens is 4. The molecule has 4 rings (SSSR count). The molecule has 0 unspecified atom stereocenters. The Morgan fingerprint density at radius 2 is 1.96 bits per heavy atom. The van der Waals surface area contributed by atoms with Crippen LogP contribution in [-0.4, -0.2) is 38.6 Å². The van der Waals surface area contributed by atoms with E-state index < -0.39 is 0 Å². The van der Waals surface area contributed by atoms with Crippen LogP contribution >= 0.6 is 11.6 Å². The fraction of sp³-hybridized carbons (Fsp3) is 0.211. The van der Waals surface area contributed by atoms with Gasteiger partial charge in [-0.15, -0.1) is 5.10 Å². The van der Waals surface area contributed by atoms with Crippen molar-refractivity contribution in [1.29, 1.82) is 0 Å². The number of halogens is 1. The molecule has 0 saturated heterocycles. The second-order valence-corrected chi connectivity index (χ2v) is 6.94. The summed E-state index contributed by atoms with van der Waals surface area (Å²) in [5.74, 6) is -0.0304. The molecule has 9 heteroatoms. The summed E-state index contributed by atoms with van der Waals surface area (Å²) in [6.45, 7) is -0.157. The van der Waals surface area contributed by atoms with E-state index in [1.807, 2.05) is 16.8 Å². The number of hydrogen-bond acceptors (Lipinski definition) is 5. The van der Waals surface area contributed by atoms with E-state index >= 15 is 0 Å². The van der Waals surface area contributed by atoms with Crippen LogP contribution in [0.4, 0.5) is 5.69 Å². The molecule has 3 aromatic rings. The van der Waals surface area contributed by atoms with Gasteiger partial charge in [-0.25, -0.2) is 4.68 Å². The first-order valence-electron chi connectivity index (χ1n) is 8.82. The zero-order valence-electron chi connectivity index (χ0n) is 14.8. The van der Waals surface area contributed by atoms with Crippen molar-refractivity contribution in [2.75, 3.05) is 11.9 Å². The van der Waals surface area contributed by atoms with Crippen molar-refractivity contribution in [2.24, 2.45) is 0 Å². The summed E-state index contributed by atoms with van der Waals surface area (Å²) in [6.07, 6.45) is 2.14. The SMILES string of the molecule is O=C(CNC(=O)c1cccc(Cl)c1)Nc1cccc(-c2nnnn2C2CC2)c1. The van der Waals surface area contributed by atoms with Gasteiger partial charge in [0.15, 0.2) is 5.82 Å². The lowest BCUT2D eigenvalue weighted by Gasteiger charge is -2.09. The van der Waals surface area contributed by atoms with Gasteiger partial charge < -0.3 is 10.6 Å². The van der Waals surface area contributed by atoms with Crippen molar-refractivity contribution in [3.63, 3.8) is 0 Å². The molecule has 2 amide bonds. The van der Waals surface area contributed by atoms with Crippen LogP contribution in [0.2, 0.25) is 5.02 Å². The number of amides is 2. The third-order valence-electron chi connectivity index (χ3n) is 4.29. The standard InChI is InChI=1S/C19H17ClN6O2/c20-14-5-1-4-13(9-14)19(28)21-11-17(27)22-15-6-2-3-12(10-15)18-23-24-25-26(18)16-7-8-16/h1-6,9-10,16H,7-8,11H2,(H,21,28)(H,22,27). The summed E-state index contributed by atoms with van der Waals surface area (Å²) in [7, 11) is 0. The smallest absolute Gasteiger partial charge is 0.251 e. The van der Waals surface area contributed by atoms with Gasteiger partial charge in [0.25, 0.3) is 5.91 Å². The van der Waals surface area contributed by atoms with Crippen molar-refractivity contribution in [1.82, 2.24) is 25.5 Å². The predicted molar refractivity (Wildman–Crippen MR) is 104 cm³/mol. The van der Waals surface area contributed by atoms with Gasteiger partial charge in [-0.1, -0.05) is 29.8 Å². The molecule has 1 aliphatic carbocycles. The molecular weight excluding hydrogens is 380 g/mol. The lowest BCUT2D eigenvalue weighted by Crippen LogP contribution is -2.32. The Bertz CT molecular complexity index is 1030. The summed E-state index contributed by atoms with van der Waals surface area (Å²) >= 11 is 5.88. The molecule has 1 saturated carbocycles. The highest BCUT2D eigenvalue weighted by Gasteiger charge is 2.28. The third-order valence-corrected chi connectivity index (χ3v) is 4.52. The Kier molecular flexibility index (Phi) is 5.03. The minimum atomic E-state index is -0.366. The van der Waals surface area contributed by atoms with Crippen molar-refractivity contribution >= 4 is 29.1 Å². The summed E-state index contributed by atoms with van der Waals surface area (Å²) in [6, 6.07) is 14.2. The normalized spacial score (nSPS) is 13.2. The minimum Gasteiger partial charge on any atom is -0.343 e. The molecule has 1 fully saturated rings. The molecule has 0 spiro atoms. The molecule has 2 N–H and O–H groups in total. The highest BCUT2D eigenvalue weighted by Crippen LogP contribution is 2.36. The van der Waals surface area contributed by atoms with Gasteiger partial charge >= 0.3 is 0 Å². The first-order valence-corrected chi connectivity index (χ1v) is 9.20. The first-order chi connectivity index (χ1) is 13.6. The molecule has 0 radical (unpaired) electrons. The second kappa shape index (κ2) is 7.77. The van der Waals surface area contributed by atoms with Crippen LogP contribution < -0.4 is 10.6 Å². The fourth-order valence-electron chi connectivity index (χ4n) is 2.78. The summed E-state index contributed by atoms with van der Waals surface area (Å²) in [5, 5.41) is 17.7. The van der Waals surface area contributed by atoms with Gasteiger partial charge in [-0.3, -0.25) is 9.59 Å². The Labute approximate surface area is 165 Å². The quantitative estimate of drug-likeness (QED) is 0.667. The molecule has 142 valence electrons. The maximum absolute atomic E-state index is 12.2. The van der Waals surface area contributed by atoms with E-state index in [9.17, 15) is 9.59 Å². The Morgan fingerprint density at radius 1 is 1.14 bits per heavy atom. The van der Waals surface area contributed by atoms with E-state index in [2.05, 4.69) is 26.2 Å². The maximum Gasteiger partial charge on any atom is 0.251 e. The Morgan fingerprint density at radius 3 is 2.75 bits per heavy atom. The van der Waals surface area contributed by atoms with Gasteiger partial charge in [0.1, 0.15) is 0 Å². The van der Waals surface area contributed by atoms with Crippen molar-refractivity contribution < 1.29 is 9.59 Å². The van der Waals surface area contributed by atoms with Crippen LogP contribution in [0.3, 0.4) is 0 Å². The van der Waals surface area contributed by atoms with Crippen molar-refractivity contribution in [2.45, 2.75) is 18.9 Å². The molecule has 28 heavy (non-hydrogen) atoms. The molecule has 0 atom stereocenters. The van der Waals surface area contributed by atoms with Crippen LogP contribution in [0.25, 0.3) is 11.4 Å². The van der Waals surface area contributed by atoms with E-state index in [1.165, 1.54) is 0 Å². The molecule has 0 bridgehead atoms. The number of tetrazole rings is 1. The number of carbonyl (C=O) groups excluding carboxylic acids is 2. The number of rotatable bonds is 6. The number of benzene rings is 2. The number of anilines is 1. The summed E-state index contributed by atoms with van der Waals surface area (Å²) in [4.78, 5) is 24.3. The minimum absolute atomic E-state index is 0.157. The van der Waals surface area contributed by atoms with E-state index in [1.54, 1.807) is 36.4 Å². The number of nitrogens with one attached hydrogen (secondary N) is 2. The molecular formula is C19H17ClN6O2. The second-order valence-electron chi connectivity index (χ2n) is 6.50. The topological polar surface area (TPSA) is 102 Å². The molecule has 1 aliphatic rings. The van der Waals surface area contributed by atoms with Gasteiger partial charge in [-0.2, -0.15) is 0 Å². The van der Waals surface area contributed by atoms with Gasteiger partial charge in [0.05, 0.1) is 12.6 Å².